The molecule has 2 heterocycles. The Morgan fingerprint density at radius 1 is 0.979 bits per heavy atom. The van der Waals surface area contributed by atoms with Crippen LogP contribution in [0.25, 0.3) is 5.69 Å². The molecule has 1 aliphatic heterocycles. The van der Waals surface area contributed by atoms with E-state index in [0.717, 1.165) is 28.9 Å². The number of esters is 1. The molecule has 0 radical (unpaired) electrons. The van der Waals surface area contributed by atoms with Crippen LogP contribution in [-0.2, 0) is 30.0 Å². The molecule has 256 valence electrons. The molecule has 47 heavy (non-hydrogen) atoms. The van der Waals surface area contributed by atoms with Gasteiger partial charge in [0.15, 0.2) is 5.69 Å². The van der Waals surface area contributed by atoms with E-state index in [0.29, 0.717) is 19.3 Å². The number of alkyl halides is 3. The van der Waals surface area contributed by atoms with Crippen molar-refractivity contribution in [2.75, 3.05) is 39.4 Å². The van der Waals surface area contributed by atoms with Gasteiger partial charge in [-0.15, -0.1) is 0 Å². The summed E-state index contributed by atoms with van der Waals surface area (Å²) in [5, 5.41) is 16.0. The summed E-state index contributed by atoms with van der Waals surface area (Å²) < 4.78 is 57.0. The molecule has 1 aliphatic carbocycles. The highest BCUT2D eigenvalue weighted by molar-refractivity contribution is 5.96. The first-order valence-corrected chi connectivity index (χ1v) is 15.1. The van der Waals surface area contributed by atoms with Gasteiger partial charge in [-0.1, -0.05) is 0 Å². The van der Waals surface area contributed by atoms with Gasteiger partial charge in [0.25, 0.3) is 5.91 Å². The van der Waals surface area contributed by atoms with E-state index >= 15 is 0 Å². The molecule has 3 amide bonds. The molecule has 2 aromatic rings. The summed E-state index contributed by atoms with van der Waals surface area (Å²) in [4.78, 5) is 66.0. The summed E-state index contributed by atoms with van der Waals surface area (Å²) in [7, 11) is 0. The fraction of sp³-hybridized carbons (Fsp3) is 0.533. The molecule has 0 spiro atoms. The minimum Gasteiger partial charge on any atom is -0.481 e. The van der Waals surface area contributed by atoms with E-state index in [1.54, 1.807) is 13.8 Å². The summed E-state index contributed by atoms with van der Waals surface area (Å²) in [6, 6.07) is 3.80. The van der Waals surface area contributed by atoms with Crippen molar-refractivity contribution in [2.24, 2.45) is 0 Å². The summed E-state index contributed by atoms with van der Waals surface area (Å²) in [6.07, 6.45) is -4.61. The van der Waals surface area contributed by atoms with Gasteiger partial charge in [-0.2, -0.15) is 18.3 Å². The van der Waals surface area contributed by atoms with Gasteiger partial charge in [-0.25, -0.2) is 14.3 Å². The lowest BCUT2D eigenvalue weighted by molar-refractivity contribution is -0.170. The maximum Gasteiger partial charge on any atom is 0.416 e. The van der Waals surface area contributed by atoms with Crippen molar-refractivity contribution in [3.05, 3.63) is 41.6 Å². The Hall–Kier alpha value is -4.83. The Balaban J connectivity index is 1.60. The van der Waals surface area contributed by atoms with Crippen LogP contribution in [0.3, 0.4) is 0 Å². The van der Waals surface area contributed by atoms with Crippen LogP contribution in [0.5, 0.6) is 5.88 Å². The highest BCUT2D eigenvalue weighted by Gasteiger charge is 2.49. The van der Waals surface area contributed by atoms with Crippen LogP contribution >= 0.6 is 0 Å². The van der Waals surface area contributed by atoms with Crippen molar-refractivity contribution in [1.82, 2.24) is 24.9 Å². The van der Waals surface area contributed by atoms with E-state index in [2.05, 4.69) is 10.4 Å². The average molecular weight is 668 g/mol. The maximum atomic E-state index is 13.5. The molecule has 0 bridgehead atoms. The van der Waals surface area contributed by atoms with E-state index in [9.17, 15) is 42.3 Å². The number of ether oxygens (including phenoxy) is 3. The Kier molecular flexibility index (Phi) is 11.0. The third-order valence-corrected chi connectivity index (χ3v) is 7.82. The minimum atomic E-state index is -4.60. The van der Waals surface area contributed by atoms with Crippen LogP contribution in [0.15, 0.2) is 30.3 Å². The second-order valence-electron chi connectivity index (χ2n) is 11.0. The standard InChI is InChI=1S/C30H36F3N5O9/c1-3-45-27(43)29(12-5-13-29)47-23-18-22(35-38(23)20-8-6-19(7-9-20)30(31,32)33)25(41)34-21(10-11-24(39)40)26(42)36-14-16-37(17-15-36)28(44)46-4-2/h6-9,18,21H,3-5,10-17H2,1-2H3,(H,34,41)(H,39,40)/t21-/m0/s1. The first-order chi connectivity index (χ1) is 22.3. The van der Waals surface area contributed by atoms with Crippen molar-refractivity contribution in [1.29, 1.82) is 0 Å². The largest absolute Gasteiger partial charge is 0.481 e. The molecule has 1 saturated carbocycles. The zero-order valence-electron chi connectivity index (χ0n) is 25.9. The van der Waals surface area contributed by atoms with Gasteiger partial charge in [-0.3, -0.25) is 14.4 Å². The number of hydrogen-bond acceptors (Lipinski definition) is 9. The van der Waals surface area contributed by atoms with Gasteiger partial charge in [-0.05, 0) is 63.8 Å². The van der Waals surface area contributed by atoms with Crippen molar-refractivity contribution in [2.45, 2.75) is 63.8 Å². The second-order valence-corrected chi connectivity index (χ2v) is 11.0. The van der Waals surface area contributed by atoms with Gasteiger partial charge < -0.3 is 34.4 Å². The number of rotatable bonds is 12. The lowest BCUT2D eigenvalue weighted by Crippen LogP contribution is -2.56. The Bertz CT molecular complexity index is 1470. The lowest BCUT2D eigenvalue weighted by Gasteiger charge is -2.38. The first kappa shape index (κ1) is 35.0. The molecule has 17 heteroatoms. The Morgan fingerprint density at radius 3 is 2.13 bits per heavy atom. The predicted octanol–water partition coefficient (Wildman–Crippen LogP) is 3.02. The number of carboxylic acid groups (broad SMARTS) is 1. The Morgan fingerprint density at radius 2 is 1.60 bits per heavy atom. The third kappa shape index (κ3) is 8.31. The smallest absolute Gasteiger partial charge is 0.416 e. The van der Waals surface area contributed by atoms with Crippen LogP contribution in [0.4, 0.5) is 18.0 Å². The molecular formula is C30H36F3N5O9. The fourth-order valence-electron chi connectivity index (χ4n) is 5.13. The van der Waals surface area contributed by atoms with E-state index in [4.69, 9.17) is 14.2 Å². The van der Waals surface area contributed by atoms with E-state index in [1.165, 1.54) is 15.9 Å². The van der Waals surface area contributed by atoms with E-state index in [1.807, 2.05) is 0 Å². The zero-order valence-corrected chi connectivity index (χ0v) is 25.9. The van der Waals surface area contributed by atoms with Crippen LogP contribution in [0, 0.1) is 0 Å². The molecule has 2 aliphatic rings. The number of hydrogen-bond donors (Lipinski definition) is 2. The number of piperazine rings is 1. The van der Waals surface area contributed by atoms with E-state index in [-0.39, 0.29) is 63.1 Å². The van der Waals surface area contributed by atoms with Crippen molar-refractivity contribution in [3.8, 4) is 11.6 Å². The number of aliphatic carboxylic acids is 1. The number of nitrogens with one attached hydrogen (secondary N) is 1. The number of benzene rings is 1. The third-order valence-electron chi connectivity index (χ3n) is 7.82. The molecule has 14 nitrogen and oxygen atoms in total. The molecule has 2 N–H and O–H groups in total. The molecule has 1 aromatic heterocycles. The maximum absolute atomic E-state index is 13.5. The lowest BCUT2D eigenvalue weighted by atomic mass is 9.80. The number of halogens is 3. The molecular weight excluding hydrogens is 631 g/mol. The quantitative estimate of drug-likeness (QED) is 0.321. The van der Waals surface area contributed by atoms with Gasteiger partial charge in [0.1, 0.15) is 6.04 Å². The zero-order chi connectivity index (χ0) is 34.4. The predicted molar refractivity (Wildman–Crippen MR) is 156 cm³/mol. The van der Waals surface area contributed by atoms with Crippen molar-refractivity contribution in [3.63, 3.8) is 0 Å². The van der Waals surface area contributed by atoms with Gasteiger partial charge in [0, 0.05) is 38.7 Å². The molecule has 0 unspecified atom stereocenters. The summed E-state index contributed by atoms with van der Waals surface area (Å²) in [5.41, 5.74) is -2.53. The number of nitrogens with zero attached hydrogens (tertiary/aromatic N) is 4. The molecule has 1 atom stereocenters. The van der Waals surface area contributed by atoms with Crippen LogP contribution in [-0.4, -0.2) is 106 Å². The first-order valence-electron chi connectivity index (χ1n) is 15.1. The van der Waals surface area contributed by atoms with Crippen LogP contribution in [0.2, 0.25) is 0 Å². The van der Waals surface area contributed by atoms with Crippen LogP contribution in [0.1, 0.15) is 62.0 Å². The second kappa shape index (κ2) is 14.7. The summed E-state index contributed by atoms with van der Waals surface area (Å²) >= 11 is 0. The highest BCUT2D eigenvalue weighted by atomic mass is 19.4. The number of carboxylic acids is 1. The number of carbonyl (C=O) groups is 5. The average Bonchev–Trinajstić information content (AvgIpc) is 3.44. The van der Waals surface area contributed by atoms with Crippen LogP contribution < -0.4 is 10.1 Å². The highest BCUT2D eigenvalue weighted by Crippen LogP contribution is 2.39. The van der Waals surface area contributed by atoms with Gasteiger partial charge in [0.2, 0.25) is 17.4 Å². The molecule has 1 saturated heterocycles. The normalized spacial score (nSPS) is 16.4. The number of carbonyl (C=O) groups excluding carboxylic acids is 4. The number of amides is 3. The number of aromatic nitrogens is 2. The van der Waals surface area contributed by atoms with Crippen molar-refractivity contribution >= 4 is 29.8 Å². The fourth-order valence-corrected chi connectivity index (χ4v) is 5.13. The molecule has 4 rings (SSSR count). The molecule has 1 aromatic carbocycles. The monoisotopic (exact) mass is 667 g/mol. The van der Waals surface area contributed by atoms with Gasteiger partial charge in [0.05, 0.1) is 24.5 Å². The SMILES string of the molecule is CCOC(=O)N1CCN(C(=O)[C@H](CCC(=O)O)NC(=O)c2cc(OC3(C(=O)OCC)CCC3)n(-c3ccc(C(F)(F)F)cc3)n2)CC1. The molecule has 2 fully saturated rings. The topological polar surface area (TPSA) is 170 Å². The summed E-state index contributed by atoms with van der Waals surface area (Å²) in [5.74, 6) is -3.44. The van der Waals surface area contributed by atoms with Crippen molar-refractivity contribution < 1.29 is 56.5 Å². The summed E-state index contributed by atoms with van der Waals surface area (Å²) in [6.45, 7) is 4.14. The Labute approximate surface area is 267 Å². The van der Waals surface area contributed by atoms with E-state index < -0.39 is 59.6 Å². The van der Waals surface area contributed by atoms with Gasteiger partial charge >= 0.3 is 24.2 Å². The minimum absolute atomic E-state index is 0.0827.